The Morgan fingerprint density at radius 1 is 1.10 bits per heavy atom. The van der Waals surface area contributed by atoms with E-state index in [1.807, 2.05) is 57.2 Å². The van der Waals surface area contributed by atoms with Crippen molar-refractivity contribution in [2.75, 3.05) is 36.5 Å². The Hall–Kier alpha value is -4.17. The molecule has 0 unspecified atom stereocenters. The largest absolute Gasteiger partial charge is 0.378 e. The lowest BCUT2D eigenvalue weighted by molar-refractivity contribution is -0.111. The van der Waals surface area contributed by atoms with Crippen LogP contribution in [-0.2, 0) is 28.9 Å². The zero-order valence-corrected chi connectivity index (χ0v) is 22.9. The number of benzene rings is 2. The van der Waals surface area contributed by atoms with E-state index in [9.17, 15) is 14.4 Å². The molecule has 204 valence electrons. The fraction of sp³-hybridized carbons (Fsp3) is 0.323. The average Bonchev–Trinajstić information content (AvgIpc) is 2.96. The highest BCUT2D eigenvalue weighted by Gasteiger charge is 2.22. The molecule has 2 aromatic carbocycles. The number of pyridine rings is 1. The molecule has 3 N–H and O–H groups in total. The molecule has 3 aromatic rings. The van der Waals surface area contributed by atoms with Crippen LogP contribution in [0.1, 0.15) is 46.6 Å². The number of hydrogen-bond donors (Lipinski definition) is 3. The van der Waals surface area contributed by atoms with Gasteiger partial charge in [0.15, 0.2) is 0 Å². The third kappa shape index (κ3) is 6.29. The number of hydrogen-bond acceptors (Lipinski definition) is 5. The van der Waals surface area contributed by atoms with E-state index in [-0.39, 0.29) is 18.0 Å². The molecule has 8 heteroatoms. The van der Waals surface area contributed by atoms with E-state index < -0.39 is 5.91 Å². The van der Waals surface area contributed by atoms with Gasteiger partial charge in [0.2, 0.25) is 5.91 Å². The Morgan fingerprint density at radius 2 is 1.87 bits per heavy atom. The Bertz CT molecular complexity index is 1440. The Morgan fingerprint density at radius 3 is 2.56 bits per heavy atom. The van der Waals surface area contributed by atoms with Gasteiger partial charge in [0.05, 0.1) is 24.5 Å². The number of nitrogens with one attached hydrogen (secondary N) is 3. The predicted molar refractivity (Wildman–Crippen MR) is 155 cm³/mol. The van der Waals surface area contributed by atoms with Crippen LogP contribution in [0, 0.1) is 6.92 Å². The van der Waals surface area contributed by atoms with Crippen molar-refractivity contribution >= 4 is 23.2 Å². The molecule has 4 rings (SSSR count). The molecular formula is C31H36N4O4. The summed E-state index contributed by atoms with van der Waals surface area (Å²) in [6.45, 7) is 12.4. The molecule has 0 aliphatic carbocycles. The molecule has 0 atom stereocenters. The standard InChI is InChI=1S/C31H36N4O4/c1-5-21-17-23(6-2)33-30(37)26(21)19-32-31(38)28-20(4)11-12-25(29(28)34-27(36)7-3)22-9-8-10-24(18-22)35-13-15-39-16-14-35/h7-12,17-18H,3,5-6,13-16,19H2,1-2,4H3,(H,32,38)(H,33,37)(H,34,36). The third-order valence-corrected chi connectivity index (χ3v) is 7.08. The number of aromatic amines is 1. The molecule has 0 saturated carbocycles. The fourth-order valence-corrected chi connectivity index (χ4v) is 4.89. The Labute approximate surface area is 229 Å². The molecule has 0 spiro atoms. The number of morpholine rings is 1. The lowest BCUT2D eigenvalue weighted by atomic mass is 9.95. The first-order chi connectivity index (χ1) is 18.9. The van der Waals surface area contributed by atoms with E-state index in [2.05, 4.69) is 33.2 Å². The van der Waals surface area contributed by atoms with Gasteiger partial charge >= 0.3 is 0 Å². The van der Waals surface area contributed by atoms with Crippen molar-refractivity contribution in [2.24, 2.45) is 0 Å². The molecule has 39 heavy (non-hydrogen) atoms. The summed E-state index contributed by atoms with van der Waals surface area (Å²) in [5, 5.41) is 5.80. The zero-order chi connectivity index (χ0) is 27.9. The van der Waals surface area contributed by atoms with Gasteiger partial charge in [0.25, 0.3) is 11.5 Å². The number of aryl methyl sites for hydroxylation is 3. The summed E-state index contributed by atoms with van der Waals surface area (Å²) in [5.74, 6) is -0.792. The number of aromatic nitrogens is 1. The minimum Gasteiger partial charge on any atom is -0.378 e. The first-order valence-corrected chi connectivity index (χ1v) is 13.4. The van der Waals surface area contributed by atoms with E-state index >= 15 is 0 Å². The highest BCUT2D eigenvalue weighted by atomic mass is 16.5. The number of carbonyl (C=O) groups is 2. The summed E-state index contributed by atoms with van der Waals surface area (Å²) >= 11 is 0. The Balaban J connectivity index is 1.72. The van der Waals surface area contributed by atoms with E-state index in [0.29, 0.717) is 42.0 Å². The van der Waals surface area contributed by atoms with E-state index in [0.717, 1.165) is 47.6 Å². The van der Waals surface area contributed by atoms with Gasteiger partial charge in [-0.1, -0.05) is 44.7 Å². The van der Waals surface area contributed by atoms with E-state index in [1.54, 1.807) is 0 Å². The molecule has 2 heterocycles. The van der Waals surface area contributed by atoms with Crippen LogP contribution in [-0.4, -0.2) is 43.1 Å². The SMILES string of the molecule is C=CC(=O)Nc1c(-c2cccc(N3CCOCC3)c2)ccc(C)c1C(=O)NCc1c(CC)cc(CC)[nH]c1=O. The summed E-state index contributed by atoms with van der Waals surface area (Å²) in [7, 11) is 0. The van der Waals surface area contributed by atoms with Crippen molar-refractivity contribution in [2.45, 2.75) is 40.2 Å². The molecule has 2 amide bonds. The molecule has 1 aliphatic rings. The maximum atomic E-state index is 13.6. The lowest BCUT2D eigenvalue weighted by Crippen LogP contribution is -2.36. The Kier molecular flexibility index (Phi) is 8.99. The highest BCUT2D eigenvalue weighted by Crippen LogP contribution is 2.35. The number of H-pyrrole nitrogens is 1. The van der Waals surface area contributed by atoms with Gasteiger partial charge in [-0.15, -0.1) is 0 Å². The number of nitrogens with zero attached hydrogens (tertiary/aromatic N) is 1. The van der Waals surface area contributed by atoms with Gasteiger partial charge in [-0.2, -0.15) is 0 Å². The molecular weight excluding hydrogens is 492 g/mol. The number of ether oxygens (including phenoxy) is 1. The minimum atomic E-state index is -0.417. The fourth-order valence-electron chi connectivity index (χ4n) is 4.89. The first kappa shape index (κ1) is 27.9. The van der Waals surface area contributed by atoms with Crippen molar-refractivity contribution in [3.63, 3.8) is 0 Å². The van der Waals surface area contributed by atoms with Crippen LogP contribution in [0.15, 0.2) is 59.9 Å². The molecule has 8 nitrogen and oxygen atoms in total. The minimum absolute atomic E-state index is 0.0758. The van der Waals surface area contributed by atoms with Gasteiger partial charge < -0.3 is 25.3 Å². The molecule has 0 radical (unpaired) electrons. The summed E-state index contributed by atoms with van der Waals surface area (Å²) < 4.78 is 5.49. The second kappa shape index (κ2) is 12.6. The maximum Gasteiger partial charge on any atom is 0.253 e. The number of amides is 2. The maximum absolute atomic E-state index is 13.6. The predicted octanol–water partition coefficient (Wildman–Crippen LogP) is 4.37. The lowest BCUT2D eigenvalue weighted by Gasteiger charge is -2.29. The molecule has 0 bridgehead atoms. The molecule has 1 aliphatic heterocycles. The van der Waals surface area contributed by atoms with Crippen molar-refractivity contribution in [3.8, 4) is 11.1 Å². The van der Waals surface area contributed by atoms with Crippen LogP contribution in [0.3, 0.4) is 0 Å². The number of rotatable bonds is 9. The number of carbonyl (C=O) groups excluding carboxylic acids is 2. The highest BCUT2D eigenvalue weighted by molar-refractivity contribution is 6.10. The van der Waals surface area contributed by atoms with Gasteiger partial charge in [0, 0.05) is 42.1 Å². The summed E-state index contributed by atoms with van der Waals surface area (Å²) in [6, 6.07) is 13.8. The number of anilines is 2. The third-order valence-electron chi connectivity index (χ3n) is 7.08. The molecule has 1 aromatic heterocycles. The van der Waals surface area contributed by atoms with Crippen molar-refractivity contribution in [1.82, 2.24) is 10.3 Å². The van der Waals surface area contributed by atoms with Crippen LogP contribution in [0.25, 0.3) is 11.1 Å². The van der Waals surface area contributed by atoms with Gasteiger partial charge in [-0.3, -0.25) is 14.4 Å². The zero-order valence-electron chi connectivity index (χ0n) is 22.9. The first-order valence-electron chi connectivity index (χ1n) is 13.4. The smallest absolute Gasteiger partial charge is 0.253 e. The summed E-state index contributed by atoms with van der Waals surface area (Å²) in [4.78, 5) is 44.1. The quantitative estimate of drug-likeness (QED) is 0.358. The van der Waals surface area contributed by atoms with E-state index in [4.69, 9.17) is 4.74 Å². The van der Waals surface area contributed by atoms with Crippen LogP contribution in [0.4, 0.5) is 11.4 Å². The van der Waals surface area contributed by atoms with Gasteiger partial charge in [0.1, 0.15) is 0 Å². The van der Waals surface area contributed by atoms with Crippen molar-refractivity contribution in [3.05, 3.63) is 93.4 Å². The second-order valence-electron chi connectivity index (χ2n) is 9.54. The van der Waals surface area contributed by atoms with Gasteiger partial charge in [-0.05, 0) is 60.7 Å². The topological polar surface area (TPSA) is 104 Å². The average molecular weight is 529 g/mol. The summed E-state index contributed by atoms with van der Waals surface area (Å²) in [5.41, 5.74) is 6.19. The van der Waals surface area contributed by atoms with Gasteiger partial charge in [-0.25, -0.2) is 0 Å². The van der Waals surface area contributed by atoms with Crippen molar-refractivity contribution < 1.29 is 14.3 Å². The second-order valence-corrected chi connectivity index (χ2v) is 9.54. The van der Waals surface area contributed by atoms with Crippen LogP contribution in [0.5, 0.6) is 0 Å². The van der Waals surface area contributed by atoms with Crippen LogP contribution < -0.4 is 21.1 Å². The normalized spacial score (nSPS) is 13.2. The summed E-state index contributed by atoms with van der Waals surface area (Å²) in [6.07, 6.45) is 2.58. The molecule has 1 saturated heterocycles. The monoisotopic (exact) mass is 528 g/mol. The van der Waals surface area contributed by atoms with Crippen LogP contribution >= 0.6 is 0 Å². The van der Waals surface area contributed by atoms with Crippen molar-refractivity contribution in [1.29, 1.82) is 0 Å². The molecule has 1 fully saturated rings. The van der Waals surface area contributed by atoms with Crippen LogP contribution in [0.2, 0.25) is 0 Å². The van der Waals surface area contributed by atoms with E-state index in [1.165, 1.54) is 6.08 Å².